The first-order valence-corrected chi connectivity index (χ1v) is 11.3. The molecule has 0 heterocycles. The first-order valence-electron chi connectivity index (χ1n) is 10.5. The lowest BCUT2D eigenvalue weighted by atomic mass is 10.0. The zero-order chi connectivity index (χ0) is 23.8. The summed E-state index contributed by atoms with van der Waals surface area (Å²) in [6.45, 7) is 2.01. The van der Waals surface area contributed by atoms with Crippen LogP contribution in [0.4, 0.5) is 0 Å². The predicted octanol–water partition coefficient (Wildman–Crippen LogP) is 5.28. The van der Waals surface area contributed by atoms with E-state index in [4.69, 9.17) is 27.9 Å². The van der Waals surface area contributed by atoms with Crippen LogP contribution in [-0.2, 0) is 29.1 Å². The molecule has 0 saturated carbocycles. The number of rotatable bonds is 9. The van der Waals surface area contributed by atoms with Crippen LogP contribution in [0, 0.1) is 0 Å². The molecule has 0 aliphatic rings. The third kappa shape index (κ3) is 6.98. The quantitative estimate of drug-likeness (QED) is 0.449. The highest BCUT2D eigenvalue weighted by Gasteiger charge is 2.28. The second-order valence-corrected chi connectivity index (χ2v) is 8.50. The molecule has 0 bridgehead atoms. The summed E-state index contributed by atoms with van der Waals surface area (Å²) in [7, 11) is 1.60. The number of hydrogen-bond acceptors (Lipinski definition) is 3. The Morgan fingerprint density at radius 3 is 2.27 bits per heavy atom. The molecule has 172 valence electrons. The van der Waals surface area contributed by atoms with Gasteiger partial charge in [-0.2, -0.15) is 0 Å². The maximum atomic E-state index is 13.3. The van der Waals surface area contributed by atoms with Crippen LogP contribution in [0.3, 0.4) is 0 Å². The second kappa shape index (κ2) is 11.7. The van der Waals surface area contributed by atoms with Gasteiger partial charge >= 0.3 is 0 Å². The fraction of sp³-hybridized carbons (Fsp3) is 0.231. The van der Waals surface area contributed by atoms with E-state index in [9.17, 15) is 9.59 Å². The number of methoxy groups -OCH3 is 1. The molecule has 1 atom stereocenters. The highest BCUT2D eigenvalue weighted by atomic mass is 35.5. The normalized spacial score (nSPS) is 11.5. The van der Waals surface area contributed by atoms with Crippen molar-refractivity contribution in [3.05, 3.63) is 99.5 Å². The molecular weight excluding hydrogens is 459 g/mol. The van der Waals surface area contributed by atoms with Gasteiger partial charge < -0.3 is 15.0 Å². The van der Waals surface area contributed by atoms with Gasteiger partial charge in [0, 0.05) is 36.5 Å². The Balaban J connectivity index is 1.83. The van der Waals surface area contributed by atoms with Gasteiger partial charge in [0.05, 0.1) is 7.11 Å². The van der Waals surface area contributed by atoms with Gasteiger partial charge in [0.2, 0.25) is 11.8 Å². The lowest BCUT2D eigenvalue weighted by Gasteiger charge is -2.30. The van der Waals surface area contributed by atoms with Crippen LogP contribution in [0.5, 0.6) is 5.75 Å². The Morgan fingerprint density at radius 2 is 1.67 bits per heavy atom. The molecule has 1 N–H and O–H groups in total. The SMILES string of the molecule is COc1ccc(CN(C(C)=O)[C@@H](Cc2ccccc2)C(=O)NCc2ccc(Cl)cc2Cl)cc1. The second-order valence-electron chi connectivity index (χ2n) is 7.65. The topological polar surface area (TPSA) is 58.6 Å². The third-order valence-corrected chi connectivity index (χ3v) is 5.92. The first kappa shape index (κ1) is 24.6. The van der Waals surface area contributed by atoms with E-state index < -0.39 is 6.04 Å². The highest BCUT2D eigenvalue weighted by Crippen LogP contribution is 2.21. The molecule has 0 radical (unpaired) electrons. The molecular formula is C26H26Cl2N2O3. The van der Waals surface area contributed by atoms with Gasteiger partial charge in [0.1, 0.15) is 11.8 Å². The Hall–Kier alpha value is -3.02. The highest BCUT2D eigenvalue weighted by molar-refractivity contribution is 6.35. The number of nitrogens with zero attached hydrogens (tertiary/aromatic N) is 1. The lowest BCUT2D eigenvalue weighted by Crippen LogP contribution is -2.49. The molecule has 5 nitrogen and oxygen atoms in total. The van der Waals surface area contributed by atoms with Gasteiger partial charge in [0.25, 0.3) is 0 Å². The summed E-state index contributed by atoms with van der Waals surface area (Å²) in [6, 6.07) is 21.5. The number of carbonyl (C=O) groups is 2. The molecule has 0 aromatic heterocycles. The Labute approximate surface area is 204 Å². The number of carbonyl (C=O) groups excluding carboxylic acids is 2. The van der Waals surface area contributed by atoms with Gasteiger partial charge in [-0.15, -0.1) is 0 Å². The Morgan fingerprint density at radius 1 is 0.970 bits per heavy atom. The van der Waals surface area contributed by atoms with Crippen molar-refractivity contribution < 1.29 is 14.3 Å². The van der Waals surface area contributed by atoms with Crippen LogP contribution in [0.25, 0.3) is 0 Å². The van der Waals surface area contributed by atoms with Crippen molar-refractivity contribution in [2.45, 2.75) is 32.5 Å². The van der Waals surface area contributed by atoms with E-state index in [0.29, 0.717) is 23.0 Å². The van der Waals surface area contributed by atoms with Crippen molar-refractivity contribution in [2.24, 2.45) is 0 Å². The van der Waals surface area contributed by atoms with E-state index in [1.165, 1.54) is 6.92 Å². The maximum Gasteiger partial charge on any atom is 0.243 e. The molecule has 3 aromatic rings. The van der Waals surface area contributed by atoms with E-state index in [0.717, 1.165) is 22.4 Å². The average molecular weight is 485 g/mol. The summed E-state index contributed by atoms with van der Waals surface area (Å²) in [5, 5.41) is 3.94. The third-order valence-electron chi connectivity index (χ3n) is 5.34. The molecule has 0 saturated heterocycles. The molecule has 0 aliphatic carbocycles. The van der Waals surface area contributed by atoms with Gasteiger partial charge in [-0.25, -0.2) is 0 Å². The van der Waals surface area contributed by atoms with E-state index in [1.54, 1.807) is 30.2 Å². The van der Waals surface area contributed by atoms with Crippen molar-refractivity contribution in [2.75, 3.05) is 7.11 Å². The maximum absolute atomic E-state index is 13.3. The van der Waals surface area contributed by atoms with Crippen molar-refractivity contribution >= 4 is 35.0 Å². The van der Waals surface area contributed by atoms with Crippen LogP contribution in [0.1, 0.15) is 23.6 Å². The molecule has 3 aromatic carbocycles. The van der Waals surface area contributed by atoms with Crippen molar-refractivity contribution in [1.82, 2.24) is 10.2 Å². The largest absolute Gasteiger partial charge is 0.497 e. The summed E-state index contributed by atoms with van der Waals surface area (Å²) in [5.41, 5.74) is 2.61. The molecule has 0 unspecified atom stereocenters. The molecule has 0 aliphatic heterocycles. The summed E-state index contributed by atoms with van der Waals surface area (Å²) in [6.07, 6.45) is 0.386. The number of amides is 2. The Kier molecular flexibility index (Phi) is 8.75. The van der Waals surface area contributed by atoms with E-state index in [1.807, 2.05) is 54.6 Å². The van der Waals surface area contributed by atoms with E-state index in [-0.39, 0.29) is 18.4 Å². The smallest absolute Gasteiger partial charge is 0.243 e. The summed E-state index contributed by atoms with van der Waals surface area (Å²) >= 11 is 12.2. The molecule has 3 rings (SSSR count). The number of hydrogen-bond donors (Lipinski definition) is 1. The van der Waals surface area contributed by atoms with Gasteiger partial charge in [-0.1, -0.05) is 71.7 Å². The number of halogens is 2. The minimum absolute atomic E-state index is 0.188. The van der Waals surface area contributed by atoms with Crippen LogP contribution in [0.15, 0.2) is 72.8 Å². The monoisotopic (exact) mass is 484 g/mol. The zero-order valence-corrected chi connectivity index (χ0v) is 20.1. The van der Waals surface area contributed by atoms with E-state index in [2.05, 4.69) is 5.32 Å². The van der Waals surface area contributed by atoms with Gasteiger partial charge in [0.15, 0.2) is 0 Å². The lowest BCUT2D eigenvalue weighted by molar-refractivity contribution is -0.139. The molecule has 0 fully saturated rings. The van der Waals surface area contributed by atoms with Crippen LogP contribution < -0.4 is 10.1 Å². The minimum atomic E-state index is -0.696. The number of nitrogens with one attached hydrogen (secondary N) is 1. The average Bonchev–Trinajstić information content (AvgIpc) is 2.81. The van der Waals surface area contributed by atoms with Crippen LogP contribution in [-0.4, -0.2) is 29.9 Å². The molecule has 33 heavy (non-hydrogen) atoms. The summed E-state index contributed by atoms with van der Waals surface area (Å²) < 4.78 is 5.21. The van der Waals surface area contributed by atoms with Gasteiger partial charge in [-0.05, 0) is 41.0 Å². The number of ether oxygens (including phenoxy) is 1. The molecule has 2 amide bonds. The zero-order valence-electron chi connectivity index (χ0n) is 18.6. The predicted molar refractivity (Wildman–Crippen MR) is 131 cm³/mol. The molecule has 7 heteroatoms. The minimum Gasteiger partial charge on any atom is -0.497 e. The van der Waals surface area contributed by atoms with Crippen molar-refractivity contribution in [3.8, 4) is 5.75 Å². The van der Waals surface area contributed by atoms with Crippen LogP contribution in [0.2, 0.25) is 10.0 Å². The molecule has 0 spiro atoms. The summed E-state index contributed by atoms with van der Waals surface area (Å²) in [5.74, 6) is 0.284. The Bertz CT molecular complexity index is 1090. The van der Waals surface area contributed by atoms with E-state index >= 15 is 0 Å². The fourth-order valence-electron chi connectivity index (χ4n) is 3.52. The fourth-order valence-corrected chi connectivity index (χ4v) is 3.99. The first-order chi connectivity index (χ1) is 15.9. The standard InChI is InChI=1S/C26H26Cl2N2O3/c1-18(31)30(17-20-8-12-23(33-2)13-9-20)25(14-19-6-4-3-5-7-19)26(32)29-16-21-10-11-22(27)15-24(21)28/h3-13,15,25H,14,16-17H2,1-2H3,(H,29,32)/t25-/m0/s1. The van der Waals surface area contributed by atoms with Crippen LogP contribution >= 0.6 is 23.2 Å². The van der Waals surface area contributed by atoms with Crippen molar-refractivity contribution in [3.63, 3.8) is 0 Å². The van der Waals surface area contributed by atoms with Crippen molar-refractivity contribution in [1.29, 1.82) is 0 Å². The number of benzene rings is 3. The summed E-state index contributed by atoms with van der Waals surface area (Å²) in [4.78, 5) is 27.6. The van der Waals surface area contributed by atoms with Gasteiger partial charge in [-0.3, -0.25) is 9.59 Å².